The number of nitrogens with two attached hydrogens (primary N) is 2. The maximum atomic E-state index is 8.99. The summed E-state index contributed by atoms with van der Waals surface area (Å²) >= 11 is 6.12. The lowest BCUT2D eigenvalue weighted by molar-refractivity contribution is 0.384. The van der Waals surface area contributed by atoms with Gasteiger partial charge in [-0.1, -0.05) is 29.8 Å². The van der Waals surface area contributed by atoms with E-state index in [2.05, 4.69) is 11.1 Å². The van der Waals surface area contributed by atoms with Crippen molar-refractivity contribution in [2.24, 2.45) is 11.5 Å². The van der Waals surface area contributed by atoms with Crippen molar-refractivity contribution in [1.29, 1.82) is 5.26 Å². The number of pyridine rings is 1. The van der Waals surface area contributed by atoms with E-state index >= 15 is 0 Å². The van der Waals surface area contributed by atoms with Crippen molar-refractivity contribution in [3.8, 4) is 6.07 Å². The van der Waals surface area contributed by atoms with Crippen LogP contribution < -0.4 is 11.5 Å². The van der Waals surface area contributed by atoms with E-state index in [1.54, 1.807) is 6.20 Å². The zero-order valence-electron chi connectivity index (χ0n) is 14.6. The van der Waals surface area contributed by atoms with Gasteiger partial charge in [-0.3, -0.25) is 4.98 Å². The summed E-state index contributed by atoms with van der Waals surface area (Å²) in [7, 11) is 0. The van der Waals surface area contributed by atoms with Gasteiger partial charge in [0.25, 0.3) is 0 Å². The van der Waals surface area contributed by atoms with Crippen molar-refractivity contribution < 1.29 is 0 Å². The van der Waals surface area contributed by atoms with Gasteiger partial charge in [0.1, 0.15) is 0 Å². The number of fused-ring (bicyclic) bond motifs is 1. The second kappa shape index (κ2) is 7.43. The van der Waals surface area contributed by atoms with Crippen molar-refractivity contribution in [2.45, 2.75) is 24.8 Å². The SMILES string of the molecule is CC(N)(CN)C(Cc1ccc(C#N)cc1)c1ccnc2cc(Cl)ccc12. The summed E-state index contributed by atoms with van der Waals surface area (Å²) in [6.07, 6.45) is 2.50. The van der Waals surface area contributed by atoms with E-state index < -0.39 is 5.54 Å². The van der Waals surface area contributed by atoms with E-state index in [0.29, 0.717) is 17.1 Å². The zero-order chi connectivity index (χ0) is 18.7. The highest BCUT2D eigenvalue weighted by Crippen LogP contribution is 2.34. The lowest BCUT2D eigenvalue weighted by Gasteiger charge is -2.34. The van der Waals surface area contributed by atoms with Crippen LogP contribution in [0.1, 0.15) is 29.5 Å². The first-order chi connectivity index (χ1) is 12.4. The van der Waals surface area contributed by atoms with Crippen molar-refractivity contribution >= 4 is 22.5 Å². The molecule has 0 aliphatic heterocycles. The molecule has 2 atom stereocenters. The van der Waals surface area contributed by atoms with E-state index in [4.69, 9.17) is 28.3 Å². The molecular weight excluding hydrogens is 344 g/mol. The minimum absolute atomic E-state index is 0.00730. The predicted molar refractivity (Wildman–Crippen MR) is 106 cm³/mol. The van der Waals surface area contributed by atoms with E-state index in [-0.39, 0.29) is 5.92 Å². The largest absolute Gasteiger partial charge is 0.329 e. The number of nitrogens with zero attached hydrogens (tertiary/aromatic N) is 2. The minimum atomic E-state index is -0.595. The van der Waals surface area contributed by atoms with Gasteiger partial charge < -0.3 is 11.5 Å². The number of hydrogen-bond donors (Lipinski definition) is 2. The number of rotatable bonds is 5. The molecule has 1 aromatic heterocycles. The fraction of sp³-hybridized carbons (Fsp3) is 0.238. The fourth-order valence-corrected chi connectivity index (χ4v) is 3.41. The maximum absolute atomic E-state index is 8.99. The van der Waals surface area contributed by atoms with Crippen LogP contribution in [0, 0.1) is 11.3 Å². The van der Waals surface area contributed by atoms with Crippen molar-refractivity contribution in [1.82, 2.24) is 4.98 Å². The Morgan fingerprint density at radius 2 is 1.92 bits per heavy atom. The van der Waals surface area contributed by atoms with Crippen LogP contribution in [0.3, 0.4) is 0 Å². The molecule has 0 aliphatic carbocycles. The molecule has 132 valence electrons. The zero-order valence-corrected chi connectivity index (χ0v) is 15.4. The van der Waals surface area contributed by atoms with Gasteiger partial charge in [-0.15, -0.1) is 0 Å². The normalized spacial score (nSPS) is 14.6. The lowest BCUT2D eigenvalue weighted by atomic mass is 9.76. The third kappa shape index (κ3) is 3.71. The average molecular weight is 365 g/mol. The molecule has 0 bridgehead atoms. The molecule has 0 amide bonds. The number of benzene rings is 2. The third-order valence-electron chi connectivity index (χ3n) is 4.87. The standard InChI is InChI=1S/C21H21ClN4/c1-21(25,13-24)19(10-14-2-4-15(12-23)5-3-14)17-8-9-26-20-11-16(22)6-7-18(17)20/h2-9,11,19H,10,13,24-25H2,1H3. The molecule has 3 rings (SSSR count). The highest BCUT2D eigenvalue weighted by atomic mass is 35.5. The molecule has 4 N–H and O–H groups in total. The highest BCUT2D eigenvalue weighted by Gasteiger charge is 2.31. The Hall–Kier alpha value is -2.45. The van der Waals surface area contributed by atoms with Crippen molar-refractivity contribution in [3.05, 3.63) is 76.4 Å². The number of aromatic nitrogens is 1. The second-order valence-corrected chi connectivity index (χ2v) is 7.27. The minimum Gasteiger partial charge on any atom is -0.329 e. The van der Waals surface area contributed by atoms with E-state index in [1.165, 1.54) is 0 Å². The summed E-state index contributed by atoms with van der Waals surface area (Å²) in [6, 6.07) is 17.5. The van der Waals surface area contributed by atoms with Crippen molar-refractivity contribution in [3.63, 3.8) is 0 Å². The van der Waals surface area contributed by atoms with E-state index in [1.807, 2.05) is 55.5 Å². The molecule has 3 aromatic rings. The Bertz CT molecular complexity index is 958. The predicted octanol–water partition coefficient (Wildman–Crippen LogP) is 3.76. The molecule has 1 heterocycles. The maximum Gasteiger partial charge on any atom is 0.0991 e. The van der Waals surface area contributed by atoms with Gasteiger partial charge in [-0.25, -0.2) is 0 Å². The third-order valence-corrected chi connectivity index (χ3v) is 5.11. The molecular formula is C21H21ClN4. The molecule has 26 heavy (non-hydrogen) atoms. The molecule has 2 aromatic carbocycles. The summed E-state index contributed by atoms with van der Waals surface area (Å²) in [6.45, 7) is 2.33. The molecule has 0 radical (unpaired) electrons. The van der Waals surface area contributed by atoms with Crippen LogP contribution in [0.2, 0.25) is 5.02 Å². The van der Waals surface area contributed by atoms with Crippen LogP contribution in [0.15, 0.2) is 54.7 Å². The van der Waals surface area contributed by atoms with Crippen LogP contribution in [-0.4, -0.2) is 17.1 Å². The Kier molecular flexibility index (Phi) is 5.24. The Labute approximate surface area is 158 Å². The fourth-order valence-electron chi connectivity index (χ4n) is 3.24. The quantitative estimate of drug-likeness (QED) is 0.721. The van der Waals surface area contributed by atoms with Crippen LogP contribution in [-0.2, 0) is 6.42 Å². The summed E-state index contributed by atoms with van der Waals surface area (Å²) in [5.41, 5.74) is 15.7. The number of halogens is 1. The van der Waals surface area contributed by atoms with Crippen LogP contribution in [0.5, 0.6) is 0 Å². The van der Waals surface area contributed by atoms with Gasteiger partial charge in [0.15, 0.2) is 0 Å². The monoisotopic (exact) mass is 364 g/mol. The summed E-state index contributed by atoms with van der Waals surface area (Å²) in [5, 5.41) is 10.7. The van der Waals surface area contributed by atoms with Crippen LogP contribution in [0.4, 0.5) is 0 Å². The topological polar surface area (TPSA) is 88.7 Å². The van der Waals surface area contributed by atoms with Gasteiger partial charge >= 0.3 is 0 Å². The van der Waals surface area contributed by atoms with Gasteiger partial charge in [0.05, 0.1) is 17.1 Å². The Morgan fingerprint density at radius 3 is 2.58 bits per heavy atom. The molecule has 0 saturated heterocycles. The van der Waals surface area contributed by atoms with E-state index in [9.17, 15) is 0 Å². The van der Waals surface area contributed by atoms with Gasteiger partial charge in [-0.2, -0.15) is 5.26 Å². The lowest BCUT2D eigenvalue weighted by Crippen LogP contribution is -2.50. The first-order valence-corrected chi connectivity index (χ1v) is 8.84. The molecule has 0 fully saturated rings. The number of nitriles is 1. The molecule has 0 spiro atoms. The summed E-state index contributed by atoms with van der Waals surface area (Å²) in [4.78, 5) is 4.43. The van der Waals surface area contributed by atoms with E-state index in [0.717, 1.165) is 28.5 Å². The molecule has 5 heteroatoms. The highest BCUT2D eigenvalue weighted by molar-refractivity contribution is 6.31. The number of hydrogen-bond acceptors (Lipinski definition) is 4. The Morgan fingerprint density at radius 1 is 1.19 bits per heavy atom. The summed E-state index contributed by atoms with van der Waals surface area (Å²) < 4.78 is 0. The second-order valence-electron chi connectivity index (χ2n) is 6.84. The first-order valence-electron chi connectivity index (χ1n) is 8.47. The average Bonchev–Trinajstić information content (AvgIpc) is 2.65. The molecule has 0 saturated carbocycles. The molecule has 2 unspecified atom stereocenters. The smallest absolute Gasteiger partial charge is 0.0991 e. The molecule has 0 aliphatic rings. The van der Waals surface area contributed by atoms with Gasteiger partial charge in [0.2, 0.25) is 0 Å². The first kappa shape index (κ1) is 18.3. The van der Waals surface area contributed by atoms with Crippen molar-refractivity contribution in [2.75, 3.05) is 6.54 Å². The summed E-state index contributed by atoms with van der Waals surface area (Å²) in [5.74, 6) is -0.00730. The Balaban J connectivity index is 2.08. The van der Waals surface area contributed by atoms with Crippen LogP contribution >= 0.6 is 11.6 Å². The molecule has 4 nitrogen and oxygen atoms in total. The van der Waals surface area contributed by atoms with Gasteiger partial charge in [-0.05, 0) is 54.8 Å². The van der Waals surface area contributed by atoms with Gasteiger partial charge in [0, 0.05) is 34.6 Å². The van der Waals surface area contributed by atoms with Crippen LogP contribution in [0.25, 0.3) is 10.9 Å².